The van der Waals surface area contributed by atoms with Gasteiger partial charge in [0.1, 0.15) is 0 Å². The van der Waals surface area contributed by atoms with Crippen LogP contribution in [0, 0.1) is 27.7 Å². The SMILES string of the molecule is Cc1cc(C)c(C(=O)COC(=O)c2nn(-c3cccc(C(F)(F)F)c3)c(C)cc2=O)cc1C. The third-order valence-corrected chi connectivity index (χ3v) is 5.19. The minimum absolute atomic E-state index is 0.0122. The third kappa shape index (κ3) is 5.19. The second kappa shape index (κ2) is 9.01. The molecule has 0 unspecified atom stereocenters. The van der Waals surface area contributed by atoms with E-state index in [2.05, 4.69) is 5.10 Å². The van der Waals surface area contributed by atoms with Gasteiger partial charge in [0.2, 0.25) is 16.9 Å². The van der Waals surface area contributed by atoms with Gasteiger partial charge in [0.05, 0.1) is 11.3 Å². The molecule has 6 nitrogen and oxygen atoms in total. The molecule has 0 aliphatic heterocycles. The number of aromatic nitrogens is 2. The quantitative estimate of drug-likeness (QED) is 0.415. The van der Waals surface area contributed by atoms with Gasteiger partial charge in [-0.2, -0.15) is 18.3 Å². The van der Waals surface area contributed by atoms with Gasteiger partial charge in [-0.1, -0.05) is 12.1 Å². The molecule has 0 N–H and O–H groups in total. The summed E-state index contributed by atoms with van der Waals surface area (Å²) in [5.74, 6) is -1.59. The van der Waals surface area contributed by atoms with Crippen molar-refractivity contribution in [1.82, 2.24) is 9.78 Å². The second-order valence-electron chi connectivity index (χ2n) is 7.71. The summed E-state index contributed by atoms with van der Waals surface area (Å²) in [5, 5.41) is 3.91. The number of esters is 1. The molecule has 172 valence electrons. The minimum Gasteiger partial charge on any atom is -0.452 e. The van der Waals surface area contributed by atoms with Crippen molar-refractivity contribution >= 4 is 11.8 Å². The lowest BCUT2D eigenvalue weighted by Gasteiger charge is -2.13. The van der Waals surface area contributed by atoms with E-state index in [9.17, 15) is 27.6 Å². The second-order valence-corrected chi connectivity index (χ2v) is 7.71. The van der Waals surface area contributed by atoms with Crippen molar-refractivity contribution in [3.8, 4) is 5.69 Å². The summed E-state index contributed by atoms with van der Waals surface area (Å²) in [7, 11) is 0. The molecule has 0 radical (unpaired) electrons. The Balaban J connectivity index is 1.87. The molecule has 0 atom stereocenters. The predicted octanol–water partition coefficient (Wildman–Crippen LogP) is 4.52. The molecule has 0 aliphatic carbocycles. The first-order chi connectivity index (χ1) is 15.4. The van der Waals surface area contributed by atoms with Crippen molar-refractivity contribution in [2.45, 2.75) is 33.9 Å². The highest BCUT2D eigenvalue weighted by Gasteiger charge is 2.30. The topological polar surface area (TPSA) is 78.3 Å². The zero-order valence-corrected chi connectivity index (χ0v) is 18.4. The number of benzene rings is 2. The van der Waals surface area contributed by atoms with Crippen LogP contribution in [0.1, 0.15) is 48.8 Å². The normalized spacial score (nSPS) is 11.4. The fraction of sp³-hybridized carbons (Fsp3) is 0.250. The summed E-state index contributed by atoms with van der Waals surface area (Å²) < 4.78 is 45.2. The lowest BCUT2D eigenvalue weighted by molar-refractivity contribution is -0.137. The Labute approximate surface area is 187 Å². The number of carbonyl (C=O) groups excluding carboxylic acids is 2. The summed E-state index contributed by atoms with van der Waals surface area (Å²) in [6, 6.07) is 8.92. The number of nitrogens with zero attached hydrogens (tertiary/aromatic N) is 2. The molecule has 0 amide bonds. The minimum atomic E-state index is -4.57. The summed E-state index contributed by atoms with van der Waals surface area (Å²) in [5.41, 5.74) is 0.954. The number of aryl methyl sites for hydroxylation is 4. The van der Waals surface area contributed by atoms with Gasteiger partial charge in [-0.3, -0.25) is 9.59 Å². The number of hydrogen-bond donors (Lipinski definition) is 0. The molecule has 0 fully saturated rings. The number of carbonyl (C=O) groups is 2. The van der Waals surface area contributed by atoms with Crippen molar-refractivity contribution in [1.29, 1.82) is 0 Å². The Morgan fingerprint density at radius 1 is 0.970 bits per heavy atom. The molecule has 3 rings (SSSR count). The molecule has 1 heterocycles. The van der Waals surface area contributed by atoms with Crippen molar-refractivity contribution in [3.63, 3.8) is 0 Å². The average molecular weight is 458 g/mol. The molecule has 9 heteroatoms. The van der Waals surface area contributed by atoms with E-state index in [1.807, 2.05) is 19.9 Å². The van der Waals surface area contributed by atoms with Gasteiger partial charge in [-0.25, -0.2) is 9.48 Å². The van der Waals surface area contributed by atoms with E-state index in [4.69, 9.17) is 4.74 Å². The zero-order valence-electron chi connectivity index (χ0n) is 18.4. The molecule has 0 bridgehead atoms. The van der Waals surface area contributed by atoms with Gasteiger partial charge in [0.15, 0.2) is 6.61 Å². The molecular formula is C24H21F3N2O4. The third-order valence-electron chi connectivity index (χ3n) is 5.19. The van der Waals surface area contributed by atoms with E-state index in [0.29, 0.717) is 5.56 Å². The van der Waals surface area contributed by atoms with Gasteiger partial charge < -0.3 is 4.74 Å². The van der Waals surface area contributed by atoms with Crippen LogP contribution >= 0.6 is 0 Å². The highest BCUT2D eigenvalue weighted by atomic mass is 19.4. The monoisotopic (exact) mass is 458 g/mol. The molecule has 33 heavy (non-hydrogen) atoms. The van der Waals surface area contributed by atoms with Crippen LogP contribution in [0.25, 0.3) is 5.69 Å². The largest absolute Gasteiger partial charge is 0.452 e. The molecule has 2 aromatic carbocycles. The van der Waals surface area contributed by atoms with Crippen LogP contribution < -0.4 is 5.43 Å². The zero-order chi connectivity index (χ0) is 24.5. The molecule has 0 saturated carbocycles. The molecular weight excluding hydrogens is 437 g/mol. The lowest BCUT2D eigenvalue weighted by Crippen LogP contribution is -2.26. The van der Waals surface area contributed by atoms with Crippen LogP contribution in [0.15, 0.2) is 47.3 Å². The van der Waals surface area contributed by atoms with Crippen LogP contribution in [-0.4, -0.2) is 28.1 Å². The lowest BCUT2D eigenvalue weighted by atomic mass is 9.98. The fourth-order valence-corrected chi connectivity index (χ4v) is 3.30. The Hall–Kier alpha value is -3.75. The number of alkyl halides is 3. The molecule has 0 saturated heterocycles. The van der Waals surface area contributed by atoms with E-state index < -0.39 is 41.2 Å². The van der Waals surface area contributed by atoms with Gasteiger partial charge in [0, 0.05) is 17.3 Å². The summed E-state index contributed by atoms with van der Waals surface area (Å²) in [4.78, 5) is 37.3. The van der Waals surface area contributed by atoms with Crippen LogP contribution in [0.2, 0.25) is 0 Å². The van der Waals surface area contributed by atoms with Crippen molar-refractivity contribution < 1.29 is 27.5 Å². The van der Waals surface area contributed by atoms with Crippen molar-refractivity contribution in [2.24, 2.45) is 0 Å². The van der Waals surface area contributed by atoms with Gasteiger partial charge >= 0.3 is 12.1 Å². The molecule has 0 spiro atoms. The average Bonchev–Trinajstić information content (AvgIpc) is 2.74. The van der Waals surface area contributed by atoms with E-state index >= 15 is 0 Å². The van der Waals surface area contributed by atoms with Crippen LogP contribution in [0.3, 0.4) is 0 Å². The van der Waals surface area contributed by atoms with E-state index in [0.717, 1.165) is 39.6 Å². The number of halogens is 3. The molecule has 3 aromatic rings. The van der Waals surface area contributed by atoms with E-state index in [-0.39, 0.29) is 11.4 Å². The first-order valence-corrected chi connectivity index (χ1v) is 9.95. The maximum atomic E-state index is 13.1. The van der Waals surface area contributed by atoms with E-state index in [1.54, 1.807) is 13.0 Å². The Bertz CT molecular complexity index is 1310. The fourth-order valence-electron chi connectivity index (χ4n) is 3.30. The van der Waals surface area contributed by atoms with Crippen molar-refractivity contribution in [2.75, 3.05) is 6.61 Å². The molecule has 0 aliphatic rings. The van der Waals surface area contributed by atoms with Crippen LogP contribution in [-0.2, 0) is 10.9 Å². The maximum absolute atomic E-state index is 13.1. The standard InChI is InChI=1S/C24H21F3N2O4/c1-13-8-15(3)19(9-14(13)2)21(31)12-33-23(32)22-20(30)10-16(4)29(28-22)18-7-5-6-17(11-18)24(25,26)27/h5-11H,12H2,1-4H3. The number of hydrogen-bond acceptors (Lipinski definition) is 5. The van der Waals surface area contributed by atoms with Crippen molar-refractivity contribution in [3.05, 3.63) is 91.9 Å². The first kappa shape index (κ1) is 23.9. The van der Waals surface area contributed by atoms with Gasteiger partial charge in [-0.05, 0) is 68.7 Å². The van der Waals surface area contributed by atoms with Gasteiger partial charge in [-0.15, -0.1) is 0 Å². The number of ketones is 1. The summed E-state index contributed by atoms with van der Waals surface area (Å²) >= 11 is 0. The highest BCUT2D eigenvalue weighted by molar-refractivity contribution is 6.00. The molecule has 1 aromatic heterocycles. The van der Waals surface area contributed by atoms with Crippen LogP contribution in [0.5, 0.6) is 0 Å². The summed E-state index contributed by atoms with van der Waals surface area (Å²) in [6.07, 6.45) is -4.57. The highest BCUT2D eigenvalue weighted by Crippen LogP contribution is 2.30. The Morgan fingerprint density at radius 2 is 1.64 bits per heavy atom. The van der Waals surface area contributed by atoms with E-state index in [1.165, 1.54) is 19.1 Å². The van der Waals surface area contributed by atoms with Crippen LogP contribution in [0.4, 0.5) is 13.2 Å². The number of ether oxygens (including phenoxy) is 1. The number of Topliss-reactive ketones (excluding diaryl/α,β-unsaturated/α-hetero) is 1. The number of rotatable bonds is 5. The Morgan fingerprint density at radius 3 is 2.30 bits per heavy atom. The predicted molar refractivity (Wildman–Crippen MR) is 115 cm³/mol. The first-order valence-electron chi connectivity index (χ1n) is 9.95. The summed E-state index contributed by atoms with van der Waals surface area (Å²) in [6.45, 7) is 6.38. The smallest absolute Gasteiger partial charge is 0.416 e. The Kier molecular flexibility index (Phi) is 6.53. The van der Waals surface area contributed by atoms with Gasteiger partial charge in [0.25, 0.3) is 0 Å². The maximum Gasteiger partial charge on any atom is 0.416 e.